The highest BCUT2D eigenvalue weighted by atomic mass is 16.6. The van der Waals surface area contributed by atoms with E-state index in [1.54, 1.807) is 6.92 Å². The molecule has 0 aliphatic heterocycles. The lowest BCUT2D eigenvalue weighted by atomic mass is 9.91. The number of hydrogen-bond donors (Lipinski definition) is 0. The Kier molecular flexibility index (Phi) is 11.0. The molecule has 0 aromatic heterocycles. The van der Waals surface area contributed by atoms with E-state index >= 15 is 0 Å². The lowest BCUT2D eigenvalue weighted by Gasteiger charge is -2.23. The van der Waals surface area contributed by atoms with Crippen LogP contribution in [0.4, 0.5) is 0 Å². The van der Waals surface area contributed by atoms with E-state index in [-0.39, 0.29) is 12.1 Å². The second-order valence-electron chi connectivity index (χ2n) is 11.0. The summed E-state index contributed by atoms with van der Waals surface area (Å²) in [6, 6.07) is 31.7. The third kappa shape index (κ3) is 7.85. The minimum Gasteiger partial charge on any atom is -0.491 e. The van der Waals surface area contributed by atoms with Crippen molar-refractivity contribution in [1.29, 1.82) is 0 Å². The van der Waals surface area contributed by atoms with Crippen molar-refractivity contribution in [1.82, 2.24) is 0 Å². The Morgan fingerprint density at radius 3 is 2.32 bits per heavy atom. The molecular formula is C39H42O5. The van der Waals surface area contributed by atoms with Crippen LogP contribution in [0.1, 0.15) is 64.5 Å². The number of esters is 1. The zero-order valence-corrected chi connectivity index (χ0v) is 26.0. The summed E-state index contributed by atoms with van der Waals surface area (Å²) < 4.78 is 23.2. The van der Waals surface area contributed by atoms with Crippen LogP contribution < -0.4 is 4.74 Å². The molecule has 1 aliphatic carbocycles. The van der Waals surface area contributed by atoms with Crippen LogP contribution in [0.15, 0.2) is 91.0 Å². The Bertz CT molecular complexity index is 1540. The van der Waals surface area contributed by atoms with Crippen molar-refractivity contribution >= 4 is 18.1 Å². The molecule has 0 saturated carbocycles. The van der Waals surface area contributed by atoms with E-state index < -0.39 is 6.10 Å². The largest absolute Gasteiger partial charge is 0.491 e. The van der Waals surface area contributed by atoms with E-state index in [9.17, 15) is 4.79 Å². The average molecular weight is 591 g/mol. The third-order valence-corrected chi connectivity index (χ3v) is 8.12. The number of rotatable bonds is 14. The number of ether oxygens (including phenoxy) is 4. The molecule has 0 amide bonds. The number of hydrogen-bond acceptors (Lipinski definition) is 5. The standard InChI is InChI=1S/C39H42O5/c1-4-28-14-18-32-20-23-34-31(19-15-29-10-7-6-8-11-29)12-9-13-35(34)38(36(32)26-28)44-25-24-43-33-21-16-30(17-22-33)27-37(41-3)39(40)42-5-2/h6-14,16-18,20-23,26,37-38H,4-5,15,19,24-25,27H2,1-3H3. The molecule has 0 bridgehead atoms. The highest BCUT2D eigenvalue weighted by Crippen LogP contribution is 2.37. The molecule has 4 aromatic carbocycles. The monoisotopic (exact) mass is 590 g/mol. The molecule has 0 radical (unpaired) electrons. The smallest absolute Gasteiger partial charge is 0.335 e. The van der Waals surface area contributed by atoms with Crippen molar-refractivity contribution < 1.29 is 23.7 Å². The Morgan fingerprint density at radius 2 is 1.57 bits per heavy atom. The molecule has 228 valence electrons. The van der Waals surface area contributed by atoms with Crippen LogP contribution >= 0.6 is 0 Å². The van der Waals surface area contributed by atoms with Crippen LogP contribution in [0.25, 0.3) is 12.2 Å². The summed E-state index contributed by atoms with van der Waals surface area (Å²) >= 11 is 0. The van der Waals surface area contributed by atoms with E-state index in [1.165, 1.54) is 46.1 Å². The summed E-state index contributed by atoms with van der Waals surface area (Å²) in [4.78, 5) is 12.1. The van der Waals surface area contributed by atoms with Crippen LogP contribution in [0.3, 0.4) is 0 Å². The van der Waals surface area contributed by atoms with Gasteiger partial charge in [0.25, 0.3) is 0 Å². The molecule has 2 atom stereocenters. The predicted molar refractivity (Wildman–Crippen MR) is 176 cm³/mol. The minimum atomic E-state index is -0.623. The van der Waals surface area contributed by atoms with Gasteiger partial charge in [-0.3, -0.25) is 0 Å². The first-order valence-electron chi connectivity index (χ1n) is 15.6. The molecule has 4 aromatic rings. The number of aryl methyl sites for hydroxylation is 3. The molecule has 0 heterocycles. The van der Waals surface area contributed by atoms with E-state index in [2.05, 4.69) is 85.8 Å². The van der Waals surface area contributed by atoms with Crippen molar-refractivity contribution in [3.63, 3.8) is 0 Å². The number of methoxy groups -OCH3 is 1. The number of carbonyl (C=O) groups excluding carboxylic acids is 1. The Morgan fingerprint density at radius 1 is 0.773 bits per heavy atom. The van der Waals surface area contributed by atoms with E-state index in [4.69, 9.17) is 18.9 Å². The van der Waals surface area contributed by atoms with Gasteiger partial charge in [-0.2, -0.15) is 0 Å². The quantitative estimate of drug-likeness (QED) is 0.111. The third-order valence-electron chi connectivity index (χ3n) is 8.12. The highest BCUT2D eigenvalue weighted by Gasteiger charge is 2.24. The van der Waals surface area contributed by atoms with E-state index in [0.29, 0.717) is 26.2 Å². The molecule has 44 heavy (non-hydrogen) atoms. The first-order chi connectivity index (χ1) is 21.6. The summed E-state index contributed by atoms with van der Waals surface area (Å²) in [7, 11) is 1.52. The van der Waals surface area contributed by atoms with Gasteiger partial charge in [-0.25, -0.2) is 4.79 Å². The van der Waals surface area contributed by atoms with Gasteiger partial charge in [-0.1, -0.05) is 97.9 Å². The maximum atomic E-state index is 12.1. The lowest BCUT2D eigenvalue weighted by Crippen LogP contribution is -2.27. The molecule has 0 N–H and O–H groups in total. The predicted octanol–water partition coefficient (Wildman–Crippen LogP) is 7.82. The zero-order chi connectivity index (χ0) is 30.7. The average Bonchev–Trinajstić information content (AvgIpc) is 3.22. The van der Waals surface area contributed by atoms with Crippen LogP contribution in [0, 0.1) is 0 Å². The summed E-state index contributed by atoms with van der Waals surface area (Å²) in [6.07, 6.45) is 7.04. The van der Waals surface area contributed by atoms with Crippen LogP contribution in [0.2, 0.25) is 0 Å². The van der Waals surface area contributed by atoms with Crippen LogP contribution in [-0.4, -0.2) is 39.0 Å². The molecule has 0 spiro atoms. The molecular weight excluding hydrogens is 548 g/mol. The first kappa shape index (κ1) is 31.2. The van der Waals surface area contributed by atoms with Crippen molar-refractivity contribution in [3.8, 4) is 5.75 Å². The molecule has 5 heteroatoms. The van der Waals surface area contributed by atoms with Crippen LogP contribution in [-0.2, 0) is 44.7 Å². The fourth-order valence-corrected chi connectivity index (χ4v) is 5.71. The molecule has 5 rings (SSSR count). The maximum Gasteiger partial charge on any atom is 0.335 e. The topological polar surface area (TPSA) is 54.0 Å². The van der Waals surface area contributed by atoms with Crippen molar-refractivity contribution in [3.05, 3.63) is 136 Å². The van der Waals surface area contributed by atoms with Gasteiger partial charge >= 0.3 is 5.97 Å². The summed E-state index contributed by atoms with van der Waals surface area (Å²) in [5, 5.41) is 0. The van der Waals surface area contributed by atoms with Gasteiger partial charge in [0.15, 0.2) is 6.10 Å². The fraction of sp³-hybridized carbons (Fsp3) is 0.308. The van der Waals surface area contributed by atoms with Crippen molar-refractivity contribution in [2.75, 3.05) is 26.9 Å². The Hall–Kier alpha value is -4.19. The van der Waals surface area contributed by atoms with Gasteiger partial charge in [-0.15, -0.1) is 0 Å². The first-order valence-corrected chi connectivity index (χ1v) is 15.6. The SMILES string of the molecule is CCOC(=O)C(Cc1ccc(OCCOC2c3cc(CC)ccc3C=Cc3c(CCc4ccccc4)cccc32)cc1)OC. The zero-order valence-electron chi connectivity index (χ0n) is 26.0. The van der Waals surface area contributed by atoms with E-state index in [1.807, 2.05) is 24.3 Å². The molecule has 0 saturated heterocycles. The second-order valence-corrected chi connectivity index (χ2v) is 11.0. The van der Waals surface area contributed by atoms with Gasteiger partial charge < -0.3 is 18.9 Å². The summed E-state index contributed by atoms with van der Waals surface area (Å²) in [5.41, 5.74) is 9.76. The van der Waals surface area contributed by atoms with Crippen molar-refractivity contribution in [2.45, 2.75) is 51.7 Å². The lowest BCUT2D eigenvalue weighted by molar-refractivity contribution is -0.154. The van der Waals surface area contributed by atoms with E-state index in [0.717, 1.165) is 30.6 Å². The van der Waals surface area contributed by atoms with Gasteiger partial charge in [0.05, 0.1) is 13.2 Å². The highest BCUT2D eigenvalue weighted by molar-refractivity contribution is 5.78. The van der Waals surface area contributed by atoms with Gasteiger partial charge in [-0.05, 0) is 82.8 Å². The Balaban J connectivity index is 1.28. The fourth-order valence-electron chi connectivity index (χ4n) is 5.71. The van der Waals surface area contributed by atoms with Gasteiger partial charge in [0, 0.05) is 13.5 Å². The Labute approximate surface area is 261 Å². The van der Waals surface area contributed by atoms with Gasteiger partial charge in [0.2, 0.25) is 0 Å². The second kappa shape index (κ2) is 15.5. The van der Waals surface area contributed by atoms with Gasteiger partial charge in [0.1, 0.15) is 18.5 Å². The van der Waals surface area contributed by atoms with Crippen molar-refractivity contribution in [2.24, 2.45) is 0 Å². The maximum absolute atomic E-state index is 12.1. The molecule has 0 fully saturated rings. The molecule has 1 aliphatic rings. The molecule has 5 nitrogen and oxygen atoms in total. The summed E-state index contributed by atoms with van der Waals surface area (Å²) in [5.74, 6) is 0.404. The van der Waals surface area contributed by atoms with Crippen LogP contribution in [0.5, 0.6) is 5.75 Å². The normalized spacial score (nSPS) is 14.3. The number of fused-ring (bicyclic) bond motifs is 2. The molecule has 2 unspecified atom stereocenters. The summed E-state index contributed by atoms with van der Waals surface area (Å²) in [6.45, 7) is 5.16. The number of benzene rings is 4. The minimum absolute atomic E-state index is 0.196. The number of carbonyl (C=O) groups is 1.